The molecule has 2 aromatic rings. The molecule has 2 aromatic carbocycles. The van der Waals surface area contributed by atoms with E-state index in [0.29, 0.717) is 5.56 Å². The largest absolute Gasteiger partial charge is 0.448 e. The van der Waals surface area contributed by atoms with Gasteiger partial charge in [-0.3, -0.25) is 4.79 Å². The van der Waals surface area contributed by atoms with Gasteiger partial charge in [-0.25, -0.2) is 13.6 Å². The second-order valence-corrected chi connectivity index (χ2v) is 5.44. The summed E-state index contributed by atoms with van der Waals surface area (Å²) in [7, 11) is 0. The van der Waals surface area contributed by atoms with E-state index in [1.165, 1.54) is 11.0 Å². The SMILES string of the molecule is CCN(C(=O)C1Cc2ccccc2C(=O)O1)c1ccc(F)c(F)c1. The molecule has 0 aromatic heterocycles. The smallest absolute Gasteiger partial charge is 0.339 e. The zero-order valence-electron chi connectivity index (χ0n) is 13.0. The van der Waals surface area contributed by atoms with E-state index >= 15 is 0 Å². The molecule has 0 radical (unpaired) electrons. The van der Waals surface area contributed by atoms with Crippen molar-refractivity contribution in [2.24, 2.45) is 0 Å². The molecule has 0 spiro atoms. The Bertz CT molecular complexity index is 807. The number of benzene rings is 2. The molecular formula is C18H15F2NO3. The fourth-order valence-electron chi connectivity index (χ4n) is 2.76. The monoisotopic (exact) mass is 331 g/mol. The summed E-state index contributed by atoms with van der Waals surface area (Å²) in [5, 5.41) is 0. The van der Waals surface area contributed by atoms with Gasteiger partial charge < -0.3 is 9.64 Å². The number of fused-ring (bicyclic) bond motifs is 1. The summed E-state index contributed by atoms with van der Waals surface area (Å²) in [6.45, 7) is 1.94. The lowest BCUT2D eigenvalue weighted by molar-refractivity contribution is -0.127. The number of halogens is 2. The molecule has 0 saturated carbocycles. The van der Waals surface area contributed by atoms with E-state index in [1.807, 2.05) is 0 Å². The van der Waals surface area contributed by atoms with E-state index in [-0.39, 0.29) is 18.7 Å². The van der Waals surface area contributed by atoms with Crippen LogP contribution in [0.5, 0.6) is 0 Å². The standard InChI is InChI=1S/C18H15F2NO3/c1-2-21(12-7-8-14(19)15(20)10-12)17(22)16-9-11-5-3-4-6-13(11)18(23)24-16/h3-8,10,16H,2,9H2,1H3. The second-order valence-electron chi connectivity index (χ2n) is 5.44. The number of nitrogens with zero attached hydrogens (tertiary/aromatic N) is 1. The Kier molecular flexibility index (Phi) is 4.29. The Balaban J connectivity index is 1.87. The van der Waals surface area contributed by atoms with Gasteiger partial charge in [-0.1, -0.05) is 18.2 Å². The normalized spacial score (nSPS) is 16.3. The van der Waals surface area contributed by atoms with Crippen LogP contribution in [0.15, 0.2) is 42.5 Å². The minimum Gasteiger partial charge on any atom is -0.448 e. The maximum Gasteiger partial charge on any atom is 0.339 e. The lowest BCUT2D eigenvalue weighted by Crippen LogP contribution is -2.44. The highest BCUT2D eigenvalue weighted by molar-refractivity contribution is 6.01. The van der Waals surface area contributed by atoms with Gasteiger partial charge in [-0.05, 0) is 30.7 Å². The lowest BCUT2D eigenvalue weighted by Gasteiger charge is -2.29. The summed E-state index contributed by atoms with van der Waals surface area (Å²) < 4.78 is 31.8. The molecule has 124 valence electrons. The van der Waals surface area contributed by atoms with Crippen LogP contribution in [0.25, 0.3) is 0 Å². The molecule has 0 N–H and O–H groups in total. The molecule has 0 bridgehead atoms. The van der Waals surface area contributed by atoms with Crippen LogP contribution in [-0.2, 0) is 16.0 Å². The number of carbonyl (C=O) groups excluding carboxylic acids is 2. The van der Waals surface area contributed by atoms with Crippen molar-refractivity contribution in [1.29, 1.82) is 0 Å². The fourth-order valence-corrected chi connectivity index (χ4v) is 2.76. The Morgan fingerprint density at radius 2 is 1.96 bits per heavy atom. The van der Waals surface area contributed by atoms with Crippen molar-refractivity contribution in [1.82, 2.24) is 0 Å². The highest BCUT2D eigenvalue weighted by Crippen LogP contribution is 2.24. The highest BCUT2D eigenvalue weighted by Gasteiger charge is 2.34. The van der Waals surface area contributed by atoms with E-state index in [9.17, 15) is 18.4 Å². The van der Waals surface area contributed by atoms with E-state index < -0.39 is 29.6 Å². The van der Waals surface area contributed by atoms with Crippen molar-refractivity contribution in [3.8, 4) is 0 Å². The van der Waals surface area contributed by atoms with Crippen molar-refractivity contribution in [2.75, 3.05) is 11.4 Å². The molecule has 3 rings (SSSR count). The Morgan fingerprint density at radius 1 is 1.21 bits per heavy atom. The molecule has 0 saturated heterocycles. The predicted octanol–water partition coefficient (Wildman–Crippen LogP) is 3.10. The topological polar surface area (TPSA) is 46.6 Å². The maximum atomic E-state index is 13.4. The number of hydrogen-bond acceptors (Lipinski definition) is 3. The number of amides is 1. The summed E-state index contributed by atoms with van der Waals surface area (Å²) in [5.41, 5.74) is 1.39. The fraction of sp³-hybridized carbons (Fsp3) is 0.222. The van der Waals surface area contributed by atoms with Crippen LogP contribution >= 0.6 is 0 Å². The molecule has 24 heavy (non-hydrogen) atoms. The van der Waals surface area contributed by atoms with Gasteiger partial charge in [0.2, 0.25) is 0 Å². The molecule has 1 heterocycles. The first-order valence-electron chi connectivity index (χ1n) is 7.56. The quantitative estimate of drug-likeness (QED) is 0.812. The van der Waals surface area contributed by atoms with Crippen LogP contribution in [0, 0.1) is 11.6 Å². The molecular weight excluding hydrogens is 316 g/mol. The number of hydrogen-bond donors (Lipinski definition) is 0. The Labute approximate surface area is 137 Å². The van der Waals surface area contributed by atoms with Gasteiger partial charge in [0.15, 0.2) is 17.7 Å². The average Bonchev–Trinajstić information content (AvgIpc) is 2.58. The zero-order valence-corrected chi connectivity index (χ0v) is 13.0. The molecule has 1 atom stereocenters. The first-order valence-corrected chi connectivity index (χ1v) is 7.56. The number of ether oxygens (including phenoxy) is 1. The molecule has 4 nitrogen and oxygen atoms in total. The van der Waals surface area contributed by atoms with Crippen LogP contribution in [0.4, 0.5) is 14.5 Å². The van der Waals surface area contributed by atoms with E-state index in [4.69, 9.17) is 4.74 Å². The van der Waals surface area contributed by atoms with Crippen LogP contribution in [0.3, 0.4) is 0 Å². The number of cyclic esters (lactones) is 1. The molecule has 1 aliphatic rings. The van der Waals surface area contributed by atoms with Crippen LogP contribution < -0.4 is 4.90 Å². The molecule has 1 amide bonds. The third kappa shape index (κ3) is 2.87. The molecule has 6 heteroatoms. The summed E-state index contributed by atoms with van der Waals surface area (Å²) in [6, 6.07) is 10.2. The maximum absolute atomic E-state index is 13.4. The lowest BCUT2D eigenvalue weighted by atomic mass is 9.98. The minimum atomic E-state index is -1.04. The van der Waals surface area contributed by atoms with E-state index in [0.717, 1.165) is 17.7 Å². The number of rotatable bonds is 3. The molecule has 1 unspecified atom stereocenters. The predicted molar refractivity (Wildman–Crippen MR) is 83.7 cm³/mol. The van der Waals surface area contributed by atoms with Gasteiger partial charge in [-0.2, -0.15) is 0 Å². The first-order chi connectivity index (χ1) is 11.5. The number of esters is 1. The van der Waals surface area contributed by atoms with Gasteiger partial charge in [0.25, 0.3) is 5.91 Å². The summed E-state index contributed by atoms with van der Waals surface area (Å²) >= 11 is 0. The second kappa shape index (κ2) is 6.39. The van der Waals surface area contributed by atoms with E-state index in [1.54, 1.807) is 31.2 Å². The van der Waals surface area contributed by atoms with Gasteiger partial charge in [0.1, 0.15) is 0 Å². The number of carbonyl (C=O) groups is 2. The summed E-state index contributed by atoms with van der Waals surface area (Å²) in [5.74, 6) is -3.05. The van der Waals surface area contributed by atoms with Gasteiger partial charge in [-0.15, -0.1) is 0 Å². The summed E-state index contributed by atoms with van der Waals surface area (Å²) in [4.78, 5) is 26.0. The van der Waals surface area contributed by atoms with Crippen LogP contribution in [0.2, 0.25) is 0 Å². The average molecular weight is 331 g/mol. The van der Waals surface area contributed by atoms with E-state index in [2.05, 4.69) is 0 Å². The first kappa shape index (κ1) is 16.1. The van der Waals surface area contributed by atoms with Gasteiger partial charge in [0, 0.05) is 24.7 Å². The minimum absolute atomic E-state index is 0.219. The third-order valence-corrected chi connectivity index (χ3v) is 3.96. The molecule has 0 aliphatic carbocycles. The molecule has 1 aliphatic heterocycles. The summed E-state index contributed by atoms with van der Waals surface area (Å²) in [6.07, 6.45) is -0.735. The van der Waals surface area contributed by atoms with Crippen molar-refractivity contribution >= 4 is 17.6 Å². The van der Waals surface area contributed by atoms with Gasteiger partial charge >= 0.3 is 5.97 Å². The van der Waals surface area contributed by atoms with Crippen molar-refractivity contribution in [3.05, 3.63) is 65.2 Å². The third-order valence-electron chi connectivity index (χ3n) is 3.96. The number of likely N-dealkylation sites (N-methyl/N-ethyl adjacent to an activating group) is 1. The van der Waals surface area contributed by atoms with Gasteiger partial charge in [0.05, 0.1) is 5.56 Å². The van der Waals surface area contributed by atoms with Crippen molar-refractivity contribution in [2.45, 2.75) is 19.4 Å². The Hall–Kier alpha value is -2.76. The van der Waals surface area contributed by atoms with Crippen LogP contribution in [0.1, 0.15) is 22.8 Å². The number of anilines is 1. The molecule has 0 fully saturated rings. The Morgan fingerprint density at radius 3 is 2.67 bits per heavy atom. The highest BCUT2D eigenvalue weighted by atomic mass is 19.2. The van der Waals surface area contributed by atoms with Crippen LogP contribution in [-0.4, -0.2) is 24.5 Å². The van der Waals surface area contributed by atoms with Crippen molar-refractivity contribution in [3.63, 3.8) is 0 Å². The zero-order chi connectivity index (χ0) is 17.3. The van der Waals surface area contributed by atoms with Crippen molar-refractivity contribution < 1.29 is 23.1 Å².